The third-order valence-electron chi connectivity index (χ3n) is 4.64. The van der Waals surface area contributed by atoms with Crippen LogP contribution in [0.3, 0.4) is 0 Å². The van der Waals surface area contributed by atoms with Crippen molar-refractivity contribution in [2.24, 2.45) is 5.92 Å². The molecule has 0 bridgehead atoms. The summed E-state index contributed by atoms with van der Waals surface area (Å²) < 4.78 is 33.8. The fraction of sp³-hybridized carbons (Fsp3) is 0.450. The number of aromatic nitrogens is 1. The topological polar surface area (TPSA) is 77.4 Å². The van der Waals surface area contributed by atoms with Crippen molar-refractivity contribution in [2.45, 2.75) is 50.5 Å². The number of ether oxygens (including phenoxy) is 1. The molecule has 6 nitrogen and oxygen atoms in total. The third-order valence-corrected chi connectivity index (χ3v) is 6.79. The Morgan fingerprint density at radius 2 is 1.96 bits per heavy atom. The zero-order valence-electron chi connectivity index (χ0n) is 16.9. The molecule has 1 aromatic carbocycles. The molecule has 1 amide bonds. The zero-order chi connectivity index (χ0) is 21.1. The number of methoxy groups -OCH3 is 1. The van der Waals surface area contributed by atoms with Gasteiger partial charge in [0.25, 0.3) is 0 Å². The van der Waals surface area contributed by atoms with Crippen LogP contribution in [0.1, 0.15) is 31.5 Å². The van der Waals surface area contributed by atoms with Gasteiger partial charge in [-0.05, 0) is 44.0 Å². The van der Waals surface area contributed by atoms with Gasteiger partial charge in [0.2, 0.25) is 15.7 Å². The summed E-state index contributed by atoms with van der Waals surface area (Å²) in [4.78, 5) is 12.6. The van der Waals surface area contributed by atoms with Crippen LogP contribution in [0.2, 0.25) is 5.02 Å². The van der Waals surface area contributed by atoms with Gasteiger partial charge in [0.1, 0.15) is 10.7 Å². The lowest BCUT2D eigenvalue weighted by molar-refractivity contribution is -0.118. The molecular formula is C20H27ClN2O4S. The second-order valence-corrected chi connectivity index (χ2v) is 9.31. The molecule has 28 heavy (non-hydrogen) atoms. The Hall–Kier alpha value is -1.83. The monoisotopic (exact) mass is 426 g/mol. The fourth-order valence-corrected chi connectivity index (χ4v) is 4.94. The summed E-state index contributed by atoms with van der Waals surface area (Å²) in [6.07, 6.45) is 0.687. The van der Waals surface area contributed by atoms with Gasteiger partial charge in [-0.3, -0.25) is 4.79 Å². The molecule has 0 saturated heterocycles. The van der Waals surface area contributed by atoms with Gasteiger partial charge in [-0.2, -0.15) is 0 Å². The number of benzene rings is 1. The first-order chi connectivity index (χ1) is 13.1. The predicted octanol–water partition coefficient (Wildman–Crippen LogP) is 4.22. The number of hydrogen-bond acceptors (Lipinski definition) is 4. The van der Waals surface area contributed by atoms with Crippen molar-refractivity contribution in [3.05, 3.63) is 40.5 Å². The number of carbonyl (C=O) groups excluding carboxylic acids is 1. The fourth-order valence-electron chi connectivity index (χ4n) is 2.95. The molecule has 2 aromatic rings. The second kappa shape index (κ2) is 9.11. The summed E-state index contributed by atoms with van der Waals surface area (Å²) in [6, 6.07) is 6.14. The molecule has 8 heteroatoms. The largest absolute Gasteiger partial charge is 0.385 e. The SMILES string of the molecule is COCCCn1c(C)c(C)c(S(=O)(=O)c2cccc(Cl)c2)c1NC(=O)C(C)C. The predicted molar refractivity (Wildman–Crippen MR) is 111 cm³/mol. The summed E-state index contributed by atoms with van der Waals surface area (Å²) >= 11 is 6.01. The molecule has 0 aliphatic heterocycles. The lowest BCUT2D eigenvalue weighted by Gasteiger charge is -2.15. The highest BCUT2D eigenvalue weighted by atomic mass is 35.5. The van der Waals surface area contributed by atoms with E-state index in [1.54, 1.807) is 40.0 Å². The van der Waals surface area contributed by atoms with Crippen LogP contribution in [0, 0.1) is 19.8 Å². The van der Waals surface area contributed by atoms with Crippen LogP contribution in [0.25, 0.3) is 0 Å². The highest BCUT2D eigenvalue weighted by Crippen LogP contribution is 2.36. The summed E-state index contributed by atoms with van der Waals surface area (Å²) in [5.74, 6) is -0.234. The van der Waals surface area contributed by atoms with E-state index >= 15 is 0 Å². The molecule has 0 aliphatic carbocycles. The minimum Gasteiger partial charge on any atom is -0.385 e. The van der Waals surface area contributed by atoms with Crippen LogP contribution >= 0.6 is 11.6 Å². The van der Waals surface area contributed by atoms with Crippen LogP contribution in [-0.4, -0.2) is 32.6 Å². The van der Waals surface area contributed by atoms with E-state index in [4.69, 9.17) is 16.3 Å². The number of amides is 1. The highest BCUT2D eigenvalue weighted by molar-refractivity contribution is 7.91. The van der Waals surface area contributed by atoms with Gasteiger partial charge in [-0.15, -0.1) is 0 Å². The van der Waals surface area contributed by atoms with E-state index in [1.165, 1.54) is 12.1 Å². The molecule has 0 fully saturated rings. The highest BCUT2D eigenvalue weighted by Gasteiger charge is 2.30. The molecule has 1 heterocycles. The van der Waals surface area contributed by atoms with Crippen molar-refractivity contribution < 1.29 is 17.9 Å². The van der Waals surface area contributed by atoms with Crippen LogP contribution < -0.4 is 5.32 Å². The lowest BCUT2D eigenvalue weighted by atomic mass is 10.2. The molecule has 0 aliphatic rings. The van der Waals surface area contributed by atoms with Crippen LogP contribution in [0.5, 0.6) is 0 Å². The van der Waals surface area contributed by atoms with Crippen LogP contribution in [0.4, 0.5) is 5.82 Å². The van der Waals surface area contributed by atoms with Crippen molar-refractivity contribution in [1.82, 2.24) is 4.57 Å². The first kappa shape index (κ1) is 22.5. The lowest BCUT2D eigenvalue weighted by Crippen LogP contribution is -2.22. The number of carbonyl (C=O) groups is 1. The molecule has 0 saturated carbocycles. The van der Waals surface area contributed by atoms with Crippen molar-refractivity contribution in [3.63, 3.8) is 0 Å². The Morgan fingerprint density at radius 1 is 1.29 bits per heavy atom. The quantitative estimate of drug-likeness (QED) is 0.641. The average molecular weight is 427 g/mol. The van der Waals surface area contributed by atoms with E-state index in [0.29, 0.717) is 36.0 Å². The van der Waals surface area contributed by atoms with E-state index < -0.39 is 9.84 Å². The number of rotatable bonds is 8. The van der Waals surface area contributed by atoms with E-state index in [-0.39, 0.29) is 21.6 Å². The van der Waals surface area contributed by atoms with Gasteiger partial charge in [0.15, 0.2) is 0 Å². The molecule has 154 valence electrons. The van der Waals surface area contributed by atoms with Crippen molar-refractivity contribution >= 4 is 33.2 Å². The minimum atomic E-state index is -3.88. The van der Waals surface area contributed by atoms with Crippen LogP contribution in [0.15, 0.2) is 34.1 Å². The van der Waals surface area contributed by atoms with Gasteiger partial charge in [-0.1, -0.05) is 31.5 Å². The number of nitrogens with one attached hydrogen (secondary N) is 1. The summed E-state index contributed by atoms with van der Waals surface area (Å²) in [7, 11) is -2.26. The third kappa shape index (κ3) is 4.59. The van der Waals surface area contributed by atoms with Gasteiger partial charge in [0.05, 0.1) is 4.90 Å². The van der Waals surface area contributed by atoms with E-state index in [9.17, 15) is 13.2 Å². The first-order valence-corrected chi connectivity index (χ1v) is 11.0. The molecule has 0 unspecified atom stereocenters. The number of sulfone groups is 1. The van der Waals surface area contributed by atoms with Crippen molar-refractivity contribution in [1.29, 1.82) is 0 Å². The maximum Gasteiger partial charge on any atom is 0.228 e. The number of halogens is 1. The maximum absolute atomic E-state index is 13.4. The Labute approximate surface area is 171 Å². The van der Waals surface area contributed by atoms with E-state index in [1.807, 2.05) is 11.5 Å². The van der Waals surface area contributed by atoms with Crippen LogP contribution in [-0.2, 0) is 25.9 Å². The minimum absolute atomic E-state index is 0.0946. The number of anilines is 1. The summed E-state index contributed by atoms with van der Waals surface area (Å²) in [5, 5.41) is 3.16. The van der Waals surface area contributed by atoms with E-state index in [2.05, 4.69) is 5.32 Å². The molecule has 2 rings (SSSR count). The molecule has 0 radical (unpaired) electrons. The zero-order valence-corrected chi connectivity index (χ0v) is 18.4. The smallest absolute Gasteiger partial charge is 0.228 e. The second-order valence-electron chi connectivity index (χ2n) is 6.99. The van der Waals surface area contributed by atoms with Gasteiger partial charge >= 0.3 is 0 Å². The Morgan fingerprint density at radius 3 is 2.54 bits per heavy atom. The Balaban J connectivity index is 2.67. The molecule has 1 N–H and O–H groups in total. The van der Waals surface area contributed by atoms with Crippen molar-refractivity contribution in [3.8, 4) is 0 Å². The normalized spacial score (nSPS) is 11.8. The Bertz CT molecular complexity index is 965. The Kier molecular flexibility index (Phi) is 7.31. The van der Waals surface area contributed by atoms with Gasteiger partial charge in [-0.25, -0.2) is 8.42 Å². The molecule has 1 aromatic heterocycles. The van der Waals surface area contributed by atoms with Crippen molar-refractivity contribution in [2.75, 3.05) is 19.0 Å². The molecule has 0 atom stereocenters. The molecule has 0 spiro atoms. The average Bonchev–Trinajstić information content (AvgIpc) is 2.86. The van der Waals surface area contributed by atoms with Gasteiger partial charge in [0, 0.05) is 36.9 Å². The molecular weight excluding hydrogens is 400 g/mol. The standard InChI is InChI=1S/C20H27ClN2O4S/c1-13(2)20(24)22-19-18(14(3)15(4)23(19)10-7-11-27-5)28(25,26)17-9-6-8-16(21)12-17/h6,8-9,12-13H,7,10-11H2,1-5H3,(H,22,24). The number of hydrogen-bond donors (Lipinski definition) is 1. The summed E-state index contributed by atoms with van der Waals surface area (Å²) in [5.41, 5.74) is 1.40. The number of nitrogens with zero attached hydrogens (tertiary/aromatic N) is 1. The van der Waals surface area contributed by atoms with E-state index in [0.717, 1.165) is 5.69 Å². The van der Waals surface area contributed by atoms with Gasteiger partial charge < -0.3 is 14.6 Å². The maximum atomic E-state index is 13.4. The summed E-state index contributed by atoms with van der Waals surface area (Å²) in [6.45, 7) is 8.19. The first-order valence-electron chi connectivity index (χ1n) is 9.11.